The molecular formula is C27H23FN4. The van der Waals surface area contributed by atoms with Crippen molar-refractivity contribution in [2.24, 2.45) is 0 Å². The minimum absolute atomic E-state index is 0.253. The standard InChI is InChI=1S/C27H23FN4/c1-2-30-23-12-11-21-24(18-13-16-29-17-14-18)26(19-7-9-20(28)10-8-19)32-27(21)25(23)22-6-4-3-5-15-31-22/h3-17,30-32H,2H2,1H3. The molecule has 3 N–H and O–H groups in total. The van der Waals surface area contributed by atoms with E-state index in [4.69, 9.17) is 0 Å². The van der Waals surface area contributed by atoms with E-state index >= 15 is 0 Å². The number of pyridine rings is 1. The molecule has 2 aromatic carbocycles. The van der Waals surface area contributed by atoms with Crippen molar-refractivity contribution in [2.45, 2.75) is 6.92 Å². The highest BCUT2D eigenvalue weighted by Gasteiger charge is 2.21. The van der Waals surface area contributed by atoms with Crippen LogP contribution in [0.2, 0.25) is 0 Å². The summed E-state index contributed by atoms with van der Waals surface area (Å²) in [5.41, 5.74) is 8.09. The number of rotatable bonds is 5. The van der Waals surface area contributed by atoms with Gasteiger partial charge in [0.1, 0.15) is 5.82 Å². The molecule has 1 aliphatic heterocycles. The lowest BCUT2D eigenvalue weighted by Crippen LogP contribution is -2.08. The SMILES string of the molecule is CCNc1ccc2c(-c3ccncc3)c(-c3ccc(F)cc3)[nH]c2c1C1=CC=CC=CN1. The van der Waals surface area contributed by atoms with Crippen molar-refractivity contribution < 1.29 is 4.39 Å². The minimum Gasteiger partial charge on any atom is -0.385 e. The van der Waals surface area contributed by atoms with Crippen molar-refractivity contribution in [3.63, 3.8) is 0 Å². The monoisotopic (exact) mass is 422 g/mol. The molecule has 0 aliphatic carbocycles. The lowest BCUT2D eigenvalue weighted by molar-refractivity contribution is 0.628. The van der Waals surface area contributed by atoms with E-state index in [0.29, 0.717) is 0 Å². The van der Waals surface area contributed by atoms with Gasteiger partial charge in [0, 0.05) is 53.0 Å². The molecule has 0 fully saturated rings. The molecule has 4 nitrogen and oxygen atoms in total. The number of nitrogens with one attached hydrogen (secondary N) is 3. The molecule has 2 aromatic heterocycles. The van der Waals surface area contributed by atoms with E-state index in [1.165, 1.54) is 12.1 Å². The van der Waals surface area contributed by atoms with E-state index in [1.54, 1.807) is 12.4 Å². The predicted octanol–water partition coefficient (Wildman–Crippen LogP) is 6.48. The Morgan fingerprint density at radius 1 is 0.875 bits per heavy atom. The van der Waals surface area contributed by atoms with Crippen molar-refractivity contribution >= 4 is 22.3 Å². The molecule has 0 atom stereocenters. The molecule has 0 amide bonds. The van der Waals surface area contributed by atoms with E-state index in [1.807, 2.05) is 48.7 Å². The molecule has 5 rings (SSSR count). The maximum Gasteiger partial charge on any atom is 0.123 e. The van der Waals surface area contributed by atoms with Crippen molar-refractivity contribution in [1.29, 1.82) is 0 Å². The van der Waals surface area contributed by atoms with Crippen molar-refractivity contribution in [3.8, 4) is 22.4 Å². The van der Waals surface area contributed by atoms with E-state index in [0.717, 1.165) is 56.8 Å². The molecule has 1 aliphatic rings. The maximum absolute atomic E-state index is 13.7. The summed E-state index contributed by atoms with van der Waals surface area (Å²) in [6.07, 6.45) is 13.6. The zero-order valence-electron chi connectivity index (χ0n) is 17.7. The summed E-state index contributed by atoms with van der Waals surface area (Å²) in [6, 6.07) is 14.9. The summed E-state index contributed by atoms with van der Waals surface area (Å²) in [4.78, 5) is 7.86. The second-order valence-corrected chi connectivity index (χ2v) is 7.53. The molecule has 0 saturated carbocycles. The first-order valence-corrected chi connectivity index (χ1v) is 10.7. The minimum atomic E-state index is -0.253. The fourth-order valence-corrected chi connectivity index (χ4v) is 4.15. The number of H-pyrrole nitrogens is 1. The lowest BCUT2D eigenvalue weighted by Gasteiger charge is -2.15. The number of hydrogen-bond donors (Lipinski definition) is 3. The molecule has 0 saturated heterocycles. The molecule has 158 valence electrons. The van der Waals surface area contributed by atoms with Gasteiger partial charge >= 0.3 is 0 Å². The molecule has 0 unspecified atom stereocenters. The Balaban J connectivity index is 1.84. The maximum atomic E-state index is 13.7. The summed E-state index contributed by atoms with van der Waals surface area (Å²) in [6.45, 7) is 2.89. The number of halogens is 1. The van der Waals surface area contributed by atoms with Crippen LogP contribution in [-0.4, -0.2) is 16.5 Å². The average molecular weight is 423 g/mol. The number of nitrogens with zero attached hydrogens (tertiary/aromatic N) is 1. The van der Waals surface area contributed by atoms with Gasteiger partial charge in [0.15, 0.2) is 0 Å². The van der Waals surface area contributed by atoms with Gasteiger partial charge in [-0.1, -0.05) is 18.2 Å². The lowest BCUT2D eigenvalue weighted by atomic mass is 9.97. The molecule has 4 aromatic rings. The molecule has 0 bridgehead atoms. The van der Waals surface area contributed by atoms with Crippen LogP contribution in [0, 0.1) is 5.82 Å². The topological polar surface area (TPSA) is 52.7 Å². The number of benzene rings is 2. The summed E-state index contributed by atoms with van der Waals surface area (Å²) in [7, 11) is 0. The third-order valence-electron chi connectivity index (χ3n) is 5.53. The fraction of sp³-hybridized carbons (Fsp3) is 0.0741. The average Bonchev–Trinajstić information content (AvgIpc) is 3.00. The first kappa shape index (κ1) is 19.8. The van der Waals surface area contributed by atoms with Crippen LogP contribution in [0.3, 0.4) is 0 Å². The van der Waals surface area contributed by atoms with E-state index in [2.05, 4.69) is 45.7 Å². The quantitative estimate of drug-likeness (QED) is 0.345. The Labute approximate surface area is 186 Å². The van der Waals surface area contributed by atoms with Crippen LogP contribution in [-0.2, 0) is 0 Å². The Morgan fingerprint density at radius 3 is 2.47 bits per heavy atom. The molecule has 32 heavy (non-hydrogen) atoms. The van der Waals surface area contributed by atoms with Crippen LogP contribution in [0.25, 0.3) is 39.0 Å². The molecule has 5 heteroatoms. The van der Waals surface area contributed by atoms with Crippen LogP contribution >= 0.6 is 0 Å². The Hall–Kier alpha value is -4.12. The van der Waals surface area contributed by atoms with Gasteiger partial charge in [0.05, 0.1) is 11.2 Å². The second-order valence-electron chi connectivity index (χ2n) is 7.53. The van der Waals surface area contributed by atoms with Gasteiger partial charge in [-0.2, -0.15) is 0 Å². The van der Waals surface area contributed by atoms with Gasteiger partial charge in [-0.05, 0) is 72.7 Å². The third-order valence-corrected chi connectivity index (χ3v) is 5.53. The van der Waals surface area contributed by atoms with Gasteiger partial charge < -0.3 is 15.6 Å². The molecule has 0 spiro atoms. The number of allylic oxidation sites excluding steroid dienone is 4. The van der Waals surface area contributed by atoms with Crippen molar-refractivity contribution in [2.75, 3.05) is 11.9 Å². The van der Waals surface area contributed by atoms with Gasteiger partial charge in [0.25, 0.3) is 0 Å². The van der Waals surface area contributed by atoms with E-state index in [9.17, 15) is 4.39 Å². The summed E-state index contributed by atoms with van der Waals surface area (Å²) in [5, 5.41) is 7.99. The Kier molecular flexibility index (Phi) is 5.30. The predicted molar refractivity (Wildman–Crippen MR) is 130 cm³/mol. The Bertz CT molecular complexity index is 1350. The highest BCUT2D eigenvalue weighted by molar-refractivity contribution is 6.09. The summed E-state index contributed by atoms with van der Waals surface area (Å²) in [5.74, 6) is -0.253. The highest BCUT2D eigenvalue weighted by atomic mass is 19.1. The van der Waals surface area contributed by atoms with Gasteiger partial charge in [0.2, 0.25) is 0 Å². The number of fused-ring (bicyclic) bond motifs is 1. The first-order valence-electron chi connectivity index (χ1n) is 10.7. The number of aromatic nitrogens is 2. The van der Waals surface area contributed by atoms with Crippen LogP contribution in [0.5, 0.6) is 0 Å². The second kappa shape index (κ2) is 8.55. The zero-order chi connectivity index (χ0) is 21.9. The van der Waals surface area contributed by atoms with Gasteiger partial charge in [-0.25, -0.2) is 4.39 Å². The van der Waals surface area contributed by atoms with Crippen LogP contribution < -0.4 is 10.6 Å². The van der Waals surface area contributed by atoms with Crippen LogP contribution in [0.1, 0.15) is 12.5 Å². The number of aromatic amines is 1. The number of anilines is 1. The fourth-order valence-electron chi connectivity index (χ4n) is 4.15. The smallest absolute Gasteiger partial charge is 0.123 e. The molecule has 3 heterocycles. The largest absolute Gasteiger partial charge is 0.385 e. The van der Waals surface area contributed by atoms with Crippen LogP contribution in [0.4, 0.5) is 10.1 Å². The van der Waals surface area contributed by atoms with Crippen molar-refractivity contribution in [3.05, 3.63) is 103 Å². The van der Waals surface area contributed by atoms with Crippen molar-refractivity contribution in [1.82, 2.24) is 15.3 Å². The number of hydrogen-bond acceptors (Lipinski definition) is 3. The van der Waals surface area contributed by atoms with E-state index in [-0.39, 0.29) is 5.82 Å². The molecule has 0 radical (unpaired) electrons. The zero-order valence-corrected chi connectivity index (χ0v) is 17.7. The Morgan fingerprint density at radius 2 is 1.69 bits per heavy atom. The first-order chi connectivity index (χ1) is 15.8. The highest BCUT2D eigenvalue weighted by Crippen LogP contribution is 2.42. The molecular weight excluding hydrogens is 399 g/mol. The van der Waals surface area contributed by atoms with Crippen LogP contribution in [0.15, 0.2) is 91.4 Å². The normalized spacial score (nSPS) is 13.0. The van der Waals surface area contributed by atoms with Gasteiger partial charge in [-0.3, -0.25) is 4.98 Å². The summed E-state index contributed by atoms with van der Waals surface area (Å²) < 4.78 is 13.7. The summed E-state index contributed by atoms with van der Waals surface area (Å²) >= 11 is 0. The third kappa shape index (κ3) is 3.58. The van der Waals surface area contributed by atoms with E-state index < -0.39 is 0 Å². The van der Waals surface area contributed by atoms with Gasteiger partial charge in [-0.15, -0.1) is 0 Å².